The second-order valence-electron chi connectivity index (χ2n) is 4.34. The van der Waals surface area contributed by atoms with Crippen LogP contribution in [0.2, 0.25) is 0 Å². The summed E-state index contributed by atoms with van der Waals surface area (Å²) in [6, 6.07) is 9.44. The van der Waals surface area contributed by atoms with Crippen molar-refractivity contribution in [3.63, 3.8) is 0 Å². The lowest BCUT2D eigenvalue weighted by Crippen LogP contribution is -2.12. The highest BCUT2D eigenvalue weighted by Crippen LogP contribution is 2.24. The zero-order valence-electron chi connectivity index (χ0n) is 11.3. The van der Waals surface area contributed by atoms with Crippen LogP contribution in [0.3, 0.4) is 0 Å². The fourth-order valence-electron chi connectivity index (χ4n) is 1.92. The third-order valence-electron chi connectivity index (χ3n) is 2.97. The van der Waals surface area contributed by atoms with Gasteiger partial charge in [0.1, 0.15) is 28.1 Å². The minimum atomic E-state index is -0.743. The van der Waals surface area contributed by atoms with Gasteiger partial charge < -0.3 is 15.8 Å². The summed E-state index contributed by atoms with van der Waals surface area (Å²) in [7, 11) is 1.54. The summed E-state index contributed by atoms with van der Waals surface area (Å²) in [5.74, 6) is -0.842. The lowest BCUT2D eigenvalue weighted by atomic mass is 10.1. The van der Waals surface area contributed by atoms with Crippen LogP contribution in [0.4, 0.5) is 14.5 Å². The van der Waals surface area contributed by atoms with E-state index in [1.165, 1.54) is 7.11 Å². The first-order chi connectivity index (χ1) is 10.0. The largest absolute Gasteiger partial charge is 0.496 e. The highest BCUT2D eigenvalue weighted by molar-refractivity contribution is 7.80. The van der Waals surface area contributed by atoms with Gasteiger partial charge in [-0.25, -0.2) is 8.78 Å². The van der Waals surface area contributed by atoms with Gasteiger partial charge in [-0.05, 0) is 18.2 Å². The Labute approximate surface area is 126 Å². The van der Waals surface area contributed by atoms with Crippen molar-refractivity contribution in [3.8, 4) is 5.75 Å². The van der Waals surface area contributed by atoms with Crippen LogP contribution in [0.1, 0.15) is 11.1 Å². The van der Waals surface area contributed by atoms with Crippen LogP contribution in [0, 0.1) is 11.6 Å². The van der Waals surface area contributed by atoms with Crippen LogP contribution in [-0.2, 0) is 6.54 Å². The molecule has 2 aromatic rings. The molecule has 0 amide bonds. The average molecular weight is 308 g/mol. The number of anilines is 1. The van der Waals surface area contributed by atoms with Crippen molar-refractivity contribution < 1.29 is 13.5 Å². The lowest BCUT2D eigenvalue weighted by molar-refractivity contribution is 0.410. The zero-order chi connectivity index (χ0) is 15.4. The molecule has 0 aliphatic heterocycles. The van der Waals surface area contributed by atoms with Crippen molar-refractivity contribution in [2.45, 2.75) is 6.54 Å². The molecule has 0 saturated carbocycles. The lowest BCUT2D eigenvalue weighted by Gasteiger charge is -2.12. The van der Waals surface area contributed by atoms with Gasteiger partial charge in [-0.3, -0.25) is 0 Å². The molecule has 0 radical (unpaired) electrons. The Morgan fingerprint density at radius 1 is 1.24 bits per heavy atom. The summed E-state index contributed by atoms with van der Waals surface area (Å²) in [6.45, 7) is 0.226. The van der Waals surface area contributed by atoms with Gasteiger partial charge in [0, 0.05) is 17.7 Å². The van der Waals surface area contributed by atoms with Crippen LogP contribution in [0.5, 0.6) is 5.75 Å². The summed E-state index contributed by atoms with van der Waals surface area (Å²) >= 11 is 4.71. The highest BCUT2D eigenvalue weighted by Gasteiger charge is 2.13. The van der Waals surface area contributed by atoms with Gasteiger partial charge in [0.15, 0.2) is 0 Å². The normalized spacial score (nSPS) is 10.2. The molecule has 0 aliphatic carbocycles. The Balaban J connectivity index is 2.22. The van der Waals surface area contributed by atoms with Gasteiger partial charge in [0.2, 0.25) is 0 Å². The number of benzene rings is 2. The molecule has 0 fully saturated rings. The molecule has 3 N–H and O–H groups in total. The van der Waals surface area contributed by atoms with Gasteiger partial charge in [-0.1, -0.05) is 30.4 Å². The molecular weight excluding hydrogens is 294 g/mol. The van der Waals surface area contributed by atoms with Crippen molar-refractivity contribution in [3.05, 3.63) is 59.2 Å². The van der Waals surface area contributed by atoms with Gasteiger partial charge >= 0.3 is 0 Å². The smallest absolute Gasteiger partial charge is 0.150 e. The fraction of sp³-hybridized carbons (Fsp3) is 0.133. The van der Waals surface area contributed by atoms with Gasteiger partial charge in [-0.15, -0.1) is 0 Å². The Hall–Kier alpha value is -2.21. The predicted molar refractivity (Wildman–Crippen MR) is 82.6 cm³/mol. The minimum Gasteiger partial charge on any atom is -0.496 e. The number of halogens is 2. The summed E-state index contributed by atoms with van der Waals surface area (Å²) in [6.07, 6.45) is 0. The highest BCUT2D eigenvalue weighted by atomic mass is 32.1. The number of thiocarbonyl (C=S) groups is 1. The van der Waals surface area contributed by atoms with Crippen molar-refractivity contribution in [1.82, 2.24) is 0 Å². The number of hydrogen-bond acceptors (Lipinski definition) is 3. The molecular formula is C15H14F2N2OS. The first kappa shape index (κ1) is 15.2. The van der Waals surface area contributed by atoms with Crippen LogP contribution in [0.15, 0.2) is 36.4 Å². The second-order valence-corrected chi connectivity index (χ2v) is 4.78. The van der Waals surface area contributed by atoms with Crippen LogP contribution in [-0.4, -0.2) is 12.1 Å². The SMILES string of the molecule is COc1ccccc1CNc1c(F)cc(C(N)=S)cc1F. The summed E-state index contributed by atoms with van der Waals surface area (Å²) in [5.41, 5.74) is 6.09. The number of hydrogen-bond donors (Lipinski definition) is 2. The summed E-state index contributed by atoms with van der Waals surface area (Å²) in [5, 5.41) is 2.72. The molecule has 0 atom stereocenters. The maximum absolute atomic E-state index is 13.9. The van der Waals surface area contributed by atoms with Crippen LogP contribution >= 0.6 is 12.2 Å². The van der Waals surface area contributed by atoms with Crippen LogP contribution < -0.4 is 15.8 Å². The minimum absolute atomic E-state index is 0.0518. The number of ether oxygens (including phenoxy) is 1. The molecule has 6 heteroatoms. The van der Waals surface area contributed by atoms with E-state index in [0.717, 1.165) is 17.7 Å². The van der Waals surface area contributed by atoms with Gasteiger partial charge in [0.25, 0.3) is 0 Å². The van der Waals surface area contributed by atoms with E-state index in [2.05, 4.69) is 5.32 Å². The fourth-order valence-corrected chi connectivity index (χ4v) is 2.03. The van der Waals surface area contributed by atoms with Crippen LogP contribution in [0.25, 0.3) is 0 Å². The molecule has 0 unspecified atom stereocenters. The van der Waals surface area contributed by atoms with E-state index < -0.39 is 11.6 Å². The molecule has 0 aliphatic rings. The maximum Gasteiger partial charge on any atom is 0.150 e. The number of para-hydroxylation sites is 1. The number of rotatable bonds is 5. The number of methoxy groups -OCH3 is 1. The Kier molecular flexibility index (Phi) is 4.70. The van der Waals surface area contributed by atoms with Gasteiger partial charge in [-0.2, -0.15) is 0 Å². The molecule has 0 bridgehead atoms. The van der Waals surface area contributed by atoms with E-state index in [-0.39, 0.29) is 22.8 Å². The number of nitrogens with one attached hydrogen (secondary N) is 1. The topological polar surface area (TPSA) is 47.3 Å². The van der Waals surface area contributed by atoms with Crippen molar-refractivity contribution >= 4 is 22.9 Å². The standard InChI is InChI=1S/C15H14F2N2OS/c1-20-13-5-3-2-4-9(13)8-19-14-11(16)6-10(15(18)21)7-12(14)17/h2-7,19H,8H2,1H3,(H2,18,21). The third kappa shape index (κ3) is 3.46. The molecule has 110 valence electrons. The van der Waals surface area contributed by atoms with E-state index in [4.69, 9.17) is 22.7 Å². The van der Waals surface area contributed by atoms with E-state index in [1.54, 1.807) is 6.07 Å². The average Bonchev–Trinajstić information content (AvgIpc) is 2.46. The molecule has 21 heavy (non-hydrogen) atoms. The molecule has 0 saturated heterocycles. The Bertz CT molecular complexity index is 653. The molecule has 2 rings (SSSR count). The molecule has 3 nitrogen and oxygen atoms in total. The van der Waals surface area contributed by atoms with Crippen molar-refractivity contribution in [1.29, 1.82) is 0 Å². The zero-order valence-corrected chi connectivity index (χ0v) is 12.1. The van der Waals surface area contributed by atoms with E-state index in [1.807, 2.05) is 18.2 Å². The van der Waals surface area contributed by atoms with E-state index in [0.29, 0.717) is 5.75 Å². The first-order valence-electron chi connectivity index (χ1n) is 6.17. The quantitative estimate of drug-likeness (QED) is 0.833. The molecule has 0 spiro atoms. The molecule has 0 aromatic heterocycles. The van der Waals surface area contributed by atoms with Crippen molar-refractivity contribution in [2.24, 2.45) is 5.73 Å². The Morgan fingerprint density at radius 3 is 2.43 bits per heavy atom. The van der Waals surface area contributed by atoms with E-state index >= 15 is 0 Å². The summed E-state index contributed by atoms with van der Waals surface area (Å²) in [4.78, 5) is -0.0518. The Morgan fingerprint density at radius 2 is 1.86 bits per heavy atom. The predicted octanol–water partition coefficient (Wildman–Crippen LogP) is 3.22. The maximum atomic E-state index is 13.9. The van der Waals surface area contributed by atoms with Gasteiger partial charge in [0.05, 0.1) is 7.11 Å². The monoisotopic (exact) mass is 308 g/mol. The molecule has 2 aromatic carbocycles. The second kappa shape index (κ2) is 6.49. The van der Waals surface area contributed by atoms with Crippen molar-refractivity contribution in [2.75, 3.05) is 12.4 Å². The summed E-state index contributed by atoms with van der Waals surface area (Å²) < 4.78 is 33.0. The third-order valence-corrected chi connectivity index (χ3v) is 3.21. The first-order valence-corrected chi connectivity index (χ1v) is 6.58. The van der Waals surface area contributed by atoms with E-state index in [9.17, 15) is 8.78 Å². The number of nitrogens with two attached hydrogens (primary N) is 1. The molecule has 0 heterocycles.